The Morgan fingerprint density at radius 3 is 3.12 bits per heavy atom. The van der Waals surface area contributed by atoms with Gasteiger partial charge in [-0.15, -0.1) is 16.4 Å². The third-order valence-corrected chi connectivity index (χ3v) is 4.06. The van der Waals surface area contributed by atoms with Gasteiger partial charge in [0.1, 0.15) is 5.15 Å². The zero-order chi connectivity index (χ0) is 11.5. The minimum atomic E-state index is -0.188. The van der Waals surface area contributed by atoms with Crippen molar-refractivity contribution >= 4 is 34.7 Å². The molecule has 16 heavy (non-hydrogen) atoms. The molecule has 8 heteroatoms. The molecule has 0 aromatic carbocycles. The molecular weight excluding hydrogens is 268 g/mol. The van der Waals surface area contributed by atoms with E-state index in [9.17, 15) is 4.79 Å². The first kappa shape index (κ1) is 11.7. The standard InChI is InChI=1S/C8H9ClN4OS2/c1-2-3-13-6(14)11-12-7(13)16-8-10-5(9)4-15-8/h4H,2-3H2,1H3,(H,11,14). The first-order chi connectivity index (χ1) is 7.70. The van der Waals surface area contributed by atoms with E-state index in [0.29, 0.717) is 16.9 Å². The Hall–Kier alpha value is -0.790. The van der Waals surface area contributed by atoms with Gasteiger partial charge in [-0.05, 0) is 18.2 Å². The van der Waals surface area contributed by atoms with Crippen LogP contribution < -0.4 is 5.69 Å². The predicted molar refractivity (Wildman–Crippen MR) is 64.4 cm³/mol. The van der Waals surface area contributed by atoms with Crippen molar-refractivity contribution in [2.75, 3.05) is 0 Å². The lowest BCUT2D eigenvalue weighted by atomic mass is 10.5. The van der Waals surface area contributed by atoms with Gasteiger partial charge in [0, 0.05) is 11.9 Å². The third kappa shape index (κ3) is 2.47. The molecule has 0 aliphatic carbocycles. The highest BCUT2D eigenvalue weighted by Crippen LogP contribution is 2.29. The van der Waals surface area contributed by atoms with E-state index in [0.717, 1.165) is 10.8 Å². The molecule has 2 aromatic heterocycles. The first-order valence-corrected chi connectivity index (χ1v) is 6.72. The smallest absolute Gasteiger partial charge is 0.270 e. The predicted octanol–water partition coefficient (Wildman–Crippen LogP) is 2.24. The van der Waals surface area contributed by atoms with Crippen molar-refractivity contribution < 1.29 is 0 Å². The highest BCUT2D eigenvalue weighted by molar-refractivity contribution is 8.00. The molecule has 0 atom stereocenters. The number of nitrogens with zero attached hydrogens (tertiary/aromatic N) is 3. The van der Waals surface area contributed by atoms with Crippen LogP contribution in [0, 0.1) is 0 Å². The van der Waals surface area contributed by atoms with E-state index in [4.69, 9.17) is 11.6 Å². The van der Waals surface area contributed by atoms with E-state index in [1.165, 1.54) is 23.1 Å². The molecule has 1 N–H and O–H groups in total. The first-order valence-electron chi connectivity index (χ1n) is 4.64. The van der Waals surface area contributed by atoms with Crippen LogP contribution in [-0.4, -0.2) is 19.7 Å². The second-order valence-electron chi connectivity index (χ2n) is 3.00. The summed E-state index contributed by atoms with van der Waals surface area (Å²) >= 11 is 8.49. The van der Waals surface area contributed by atoms with E-state index in [2.05, 4.69) is 15.2 Å². The Balaban J connectivity index is 2.24. The Morgan fingerprint density at radius 1 is 1.69 bits per heavy atom. The van der Waals surface area contributed by atoms with Crippen molar-refractivity contribution in [1.82, 2.24) is 19.7 Å². The van der Waals surface area contributed by atoms with E-state index >= 15 is 0 Å². The molecule has 0 radical (unpaired) electrons. The minimum absolute atomic E-state index is 0.188. The van der Waals surface area contributed by atoms with Crippen LogP contribution >= 0.6 is 34.7 Å². The van der Waals surface area contributed by atoms with Crippen LogP contribution in [0.5, 0.6) is 0 Å². The zero-order valence-corrected chi connectivity index (χ0v) is 10.8. The van der Waals surface area contributed by atoms with Gasteiger partial charge >= 0.3 is 5.69 Å². The Morgan fingerprint density at radius 2 is 2.50 bits per heavy atom. The summed E-state index contributed by atoms with van der Waals surface area (Å²) in [4.78, 5) is 15.5. The fourth-order valence-corrected chi connectivity index (χ4v) is 3.12. The molecule has 0 spiro atoms. The van der Waals surface area contributed by atoms with Crippen molar-refractivity contribution in [1.29, 1.82) is 0 Å². The van der Waals surface area contributed by atoms with Gasteiger partial charge < -0.3 is 0 Å². The van der Waals surface area contributed by atoms with Gasteiger partial charge in [-0.25, -0.2) is 14.9 Å². The fraction of sp³-hybridized carbons (Fsp3) is 0.375. The molecule has 0 saturated heterocycles. The summed E-state index contributed by atoms with van der Waals surface area (Å²) in [6, 6.07) is 0. The normalized spacial score (nSPS) is 10.9. The van der Waals surface area contributed by atoms with Gasteiger partial charge in [0.25, 0.3) is 0 Å². The molecular formula is C8H9ClN4OS2. The monoisotopic (exact) mass is 276 g/mol. The second kappa shape index (κ2) is 5.03. The minimum Gasteiger partial charge on any atom is -0.270 e. The Kier molecular flexibility index (Phi) is 3.67. The van der Waals surface area contributed by atoms with Crippen LogP contribution in [0.3, 0.4) is 0 Å². The molecule has 0 unspecified atom stereocenters. The van der Waals surface area contributed by atoms with Crippen molar-refractivity contribution in [3.63, 3.8) is 0 Å². The SMILES string of the molecule is CCCn1c(Sc2nc(Cl)cs2)n[nH]c1=O. The maximum absolute atomic E-state index is 11.4. The van der Waals surface area contributed by atoms with E-state index in [-0.39, 0.29) is 5.69 Å². The van der Waals surface area contributed by atoms with E-state index in [1.54, 1.807) is 9.95 Å². The topological polar surface area (TPSA) is 63.6 Å². The number of hydrogen-bond acceptors (Lipinski definition) is 5. The van der Waals surface area contributed by atoms with Crippen LogP contribution in [-0.2, 0) is 6.54 Å². The summed E-state index contributed by atoms with van der Waals surface area (Å²) in [5.74, 6) is 0. The zero-order valence-electron chi connectivity index (χ0n) is 8.44. The van der Waals surface area contributed by atoms with Gasteiger partial charge in [0.2, 0.25) is 0 Å². The van der Waals surface area contributed by atoms with Gasteiger partial charge in [-0.1, -0.05) is 18.5 Å². The highest BCUT2D eigenvalue weighted by Gasteiger charge is 2.11. The van der Waals surface area contributed by atoms with Crippen molar-refractivity contribution in [3.05, 3.63) is 21.0 Å². The average molecular weight is 277 g/mol. The van der Waals surface area contributed by atoms with E-state index in [1.807, 2.05) is 6.92 Å². The van der Waals surface area contributed by atoms with Crippen LogP contribution in [0.4, 0.5) is 0 Å². The summed E-state index contributed by atoms with van der Waals surface area (Å²) in [5.41, 5.74) is -0.188. The Labute approximate surface area is 105 Å². The molecule has 2 rings (SSSR count). The molecule has 5 nitrogen and oxygen atoms in total. The quantitative estimate of drug-likeness (QED) is 0.930. The molecule has 0 bridgehead atoms. The van der Waals surface area contributed by atoms with Gasteiger partial charge in [0.15, 0.2) is 9.50 Å². The number of aromatic amines is 1. The highest BCUT2D eigenvalue weighted by atomic mass is 35.5. The van der Waals surface area contributed by atoms with Gasteiger partial charge in [0.05, 0.1) is 0 Å². The molecule has 2 aromatic rings. The number of aromatic nitrogens is 4. The van der Waals surface area contributed by atoms with Crippen LogP contribution in [0.1, 0.15) is 13.3 Å². The molecule has 0 aliphatic rings. The fourth-order valence-electron chi connectivity index (χ4n) is 1.17. The van der Waals surface area contributed by atoms with Gasteiger partial charge in [-0.2, -0.15) is 0 Å². The lowest BCUT2D eigenvalue weighted by molar-refractivity contribution is 0.604. The molecule has 2 heterocycles. The maximum Gasteiger partial charge on any atom is 0.343 e. The summed E-state index contributed by atoms with van der Waals surface area (Å²) in [6.07, 6.45) is 0.881. The van der Waals surface area contributed by atoms with Crippen molar-refractivity contribution in [3.8, 4) is 0 Å². The molecule has 0 fully saturated rings. The van der Waals surface area contributed by atoms with Crippen LogP contribution in [0.25, 0.3) is 0 Å². The van der Waals surface area contributed by atoms with Gasteiger partial charge in [-0.3, -0.25) is 4.57 Å². The van der Waals surface area contributed by atoms with Crippen molar-refractivity contribution in [2.45, 2.75) is 29.4 Å². The lowest BCUT2D eigenvalue weighted by Crippen LogP contribution is -2.17. The summed E-state index contributed by atoms with van der Waals surface area (Å²) in [5, 5.41) is 9.22. The number of nitrogens with one attached hydrogen (secondary N) is 1. The van der Waals surface area contributed by atoms with Crippen LogP contribution in [0.2, 0.25) is 5.15 Å². The largest absolute Gasteiger partial charge is 0.343 e. The Bertz CT molecular complexity index is 532. The average Bonchev–Trinajstić information content (AvgIpc) is 2.79. The number of halogens is 1. The number of hydrogen-bond donors (Lipinski definition) is 1. The third-order valence-electron chi connectivity index (χ3n) is 1.80. The number of H-pyrrole nitrogens is 1. The van der Waals surface area contributed by atoms with E-state index < -0.39 is 0 Å². The molecule has 0 saturated carbocycles. The molecule has 0 aliphatic heterocycles. The molecule has 86 valence electrons. The molecule has 0 amide bonds. The summed E-state index contributed by atoms with van der Waals surface area (Å²) < 4.78 is 2.38. The van der Waals surface area contributed by atoms with Crippen molar-refractivity contribution in [2.24, 2.45) is 0 Å². The second-order valence-corrected chi connectivity index (χ2v) is 5.46. The summed E-state index contributed by atoms with van der Waals surface area (Å²) in [7, 11) is 0. The number of rotatable bonds is 4. The number of thiazole rings is 1. The summed E-state index contributed by atoms with van der Waals surface area (Å²) in [6.45, 7) is 2.66. The maximum atomic E-state index is 11.4. The van der Waals surface area contributed by atoms with Crippen LogP contribution in [0.15, 0.2) is 19.7 Å². The lowest BCUT2D eigenvalue weighted by Gasteiger charge is -2.00.